The van der Waals surface area contributed by atoms with Crippen LogP contribution in [0.15, 0.2) is 12.3 Å². The number of carbonyl (C=O) groups excluding carboxylic acids is 1. The third kappa shape index (κ3) is 3.15. The Hall–Kier alpha value is -1.65. The molecule has 2 N–H and O–H groups in total. The molecule has 0 saturated carbocycles. The first-order valence-corrected chi connectivity index (χ1v) is 5.65. The van der Waals surface area contributed by atoms with Gasteiger partial charge in [0, 0.05) is 13.1 Å². The average molecular weight is 239 g/mol. The molecule has 1 unspecified atom stereocenters. The van der Waals surface area contributed by atoms with Crippen LogP contribution in [-0.2, 0) is 0 Å². The van der Waals surface area contributed by atoms with Crippen LogP contribution in [0.25, 0.3) is 0 Å². The van der Waals surface area contributed by atoms with Crippen molar-refractivity contribution in [3.63, 3.8) is 0 Å². The molecule has 0 fully saturated rings. The van der Waals surface area contributed by atoms with Crippen molar-refractivity contribution in [2.75, 3.05) is 12.8 Å². The van der Waals surface area contributed by atoms with E-state index in [0.717, 1.165) is 25.1 Å². The largest absolute Gasteiger partial charge is 0.383 e. The summed E-state index contributed by atoms with van der Waals surface area (Å²) < 4.78 is 13.0. The third-order valence-electron chi connectivity index (χ3n) is 2.80. The molecule has 4 nitrogen and oxygen atoms in total. The molecular weight excluding hydrogens is 221 g/mol. The monoisotopic (exact) mass is 239 g/mol. The summed E-state index contributed by atoms with van der Waals surface area (Å²) in [7, 11) is 1.69. The molecule has 1 amide bonds. The second-order valence-electron chi connectivity index (χ2n) is 4.14. The minimum Gasteiger partial charge on any atom is -0.383 e. The summed E-state index contributed by atoms with van der Waals surface area (Å²) in [6.07, 6.45) is 2.88. The van der Waals surface area contributed by atoms with Gasteiger partial charge in [0.25, 0.3) is 5.91 Å². The first kappa shape index (κ1) is 13.4. The van der Waals surface area contributed by atoms with Crippen molar-refractivity contribution in [1.82, 2.24) is 9.88 Å². The third-order valence-corrected chi connectivity index (χ3v) is 2.80. The molecule has 0 bridgehead atoms. The topological polar surface area (TPSA) is 59.2 Å². The molecule has 94 valence electrons. The number of nitrogens with two attached hydrogens (primary N) is 1. The zero-order chi connectivity index (χ0) is 13.0. The Bertz CT molecular complexity index is 409. The van der Waals surface area contributed by atoms with E-state index in [1.807, 2.05) is 13.8 Å². The normalized spacial score (nSPS) is 12.2. The lowest BCUT2D eigenvalue weighted by molar-refractivity contribution is 0.0737. The number of carbonyl (C=O) groups is 1. The minimum atomic E-state index is -0.556. The van der Waals surface area contributed by atoms with E-state index >= 15 is 0 Å². The van der Waals surface area contributed by atoms with Crippen LogP contribution in [0.2, 0.25) is 0 Å². The molecule has 1 aromatic rings. The number of nitrogens with zero attached hydrogens (tertiary/aromatic N) is 2. The molecule has 1 rings (SSSR count). The van der Waals surface area contributed by atoms with Gasteiger partial charge in [-0.15, -0.1) is 0 Å². The van der Waals surface area contributed by atoms with Crippen LogP contribution in [0, 0.1) is 5.82 Å². The van der Waals surface area contributed by atoms with Crippen LogP contribution < -0.4 is 5.73 Å². The lowest BCUT2D eigenvalue weighted by Crippen LogP contribution is -2.35. The van der Waals surface area contributed by atoms with E-state index in [9.17, 15) is 9.18 Å². The number of hydrogen-bond donors (Lipinski definition) is 1. The summed E-state index contributed by atoms with van der Waals surface area (Å²) in [6.45, 7) is 4.00. The summed E-state index contributed by atoms with van der Waals surface area (Å²) in [5.41, 5.74) is 5.70. The Labute approximate surface area is 101 Å². The van der Waals surface area contributed by atoms with E-state index in [2.05, 4.69) is 4.98 Å². The van der Waals surface area contributed by atoms with Gasteiger partial charge in [0.2, 0.25) is 0 Å². The van der Waals surface area contributed by atoms with Gasteiger partial charge < -0.3 is 10.6 Å². The van der Waals surface area contributed by atoms with E-state index in [4.69, 9.17) is 5.73 Å². The van der Waals surface area contributed by atoms with E-state index < -0.39 is 5.82 Å². The van der Waals surface area contributed by atoms with Crippen LogP contribution in [0.4, 0.5) is 10.2 Å². The number of aromatic nitrogens is 1. The highest BCUT2D eigenvalue weighted by Crippen LogP contribution is 2.15. The second kappa shape index (κ2) is 5.61. The van der Waals surface area contributed by atoms with Gasteiger partial charge in [-0.25, -0.2) is 9.37 Å². The van der Waals surface area contributed by atoms with Crippen LogP contribution in [0.1, 0.15) is 37.0 Å². The fraction of sp³-hybridized carbons (Fsp3) is 0.500. The van der Waals surface area contributed by atoms with Crippen molar-refractivity contribution < 1.29 is 9.18 Å². The summed E-state index contributed by atoms with van der Waals surface area (Å²) in [6, 6.07) is 1.22. The molecule has 0 radical (unpaired) electrons. The molecule has 0 spiro atoms. The average Bonchev–Trinajstić information content (AvgIpc) is 2.30. The van der Waals surface area contributed by atoms with Crippen molar-refractivity contribution in [2.24, 2.45) is 0 Å². The number of amides is 1. The van der Waals surface area contributed by atoms with E-state index in [0.29, 0.717) is 0 Å². The quantitative estimate of drug-likeness (QED) is 0.875. The number of pyridine rings is 1. The Kier molecular flexibility index (Phi) is 4.43. The smallest absolute Gasteiger partial charge is 0.257 e. The van der Waals surface area contributed by atoms with Gasteiger partial charge in [0.15, 0.2) is 0 Å². The predicted molar refractivity (Wildman–Crippen MR) is 65.1 cm³/mol. The van der Waals surface area contributed by atoms with Crippen molar-refractivity contribution >= 4 is 11.7 Å². The molecule has 0 aliphatic heterocycles. The van der Waals surface area contributed by atoms with Crippen molar-refractivity contribution in [1.29, 1.82) is 0 Å². The van der Waals surface area contributed by atoms with Gasteiger partial charge >= 0.3 is 0 Å². The van der Waals surface area contributed by atoms with E-state index in [1.54, 1.807) is 11.9 Å². The summed E-state index contributed by atoms with van der Waals surface area (Å²) >= 11 is 0. The first-order chi connectivity index (χ1) is 7.97. The lowest BCUT2D eigenvalue weighted by atomic mass is 10.1. The number of anilines is 1. The molecule has 1 aromatic heterocycles. The molecule has 1 heterocycles. The molecule has 0 aromatic carbocycles. The summed E-state index contributed by atoms with van der Waals surface area (Å²) in [4.78, 5) is 17.3. The van der Waals surface area contributed by atoms with Crippen LogP contribution in [-0.4, -0.2) is 28.9 Å². The molecular formula is C12H18FN3O. The first-order valence-electron chi connectivity index (χ1n) is 5.65. The summed E-state index contributed by atoms with van der Waals surface area (Å²) in [5.74, 6) is -0.790. The van der Waals surface area contributed by atoms with Crippen LogP contribution in [0.5, 0.6) is 0 Å². The van der Waals surface area contributed by atoms with Gasteiger partial charge in [-0.1, -0.05) is 13.3 Å². The zero-order valence-electron chi connectivity index (χ0n) is 10.4. The van der Waals surface area contributed by atoms with Crippen LogP contribution >= 0.6 is 0 Å². The molecule has 17 heavy (non-hydrogen) atoms. The van der Waals surface area contributed by atoms with Gasteiger partial charge in [-0.05, 0) is 19.4 Å². The number of hydrogen-bond acceptors (Lipinski definition) is 3. The SMILES string of the molecule is CCCC(C)N(C)C(=O)c1cc(F)cnc1N. The maximum atomic E-state index is 13.0. The standard InChI is InChI=1S/C12H18FN3O/c1-4-5-8(2)16(3)12(17)10-6-9(13)7-15-11(10)14/h6-8H,4-5H2,1-3H3,(H2,14,15). The molecule has 1 atom stereocenters. The molecule has 5 heteroatoms. The number of rotatable bonds is 4. The number of nitrogen functional groups attached to an aromatic ring is 1. The van der Waals surface area contributed by atoms with Crippen LogP contribution in [0.3, 0.4) is 0 Å². The van der Waals surface area contributed by atoms with Gasteiger partial charge in [0.05, 0.1) is 11.8 Å². The van der Waals surface area contributed by atoms with Crippen molar-refractivity contribution in [2.45, 2.75) is 32.7 Å². The Balaban J connectivity index is 2.92. The highest BCUT2D eigenvalue weighted by atomic mass is 19.1. The summed E-state index contributed by atoms with van der Waals surface area (Å²) in [5, 5.41) is 0. The maximum Gasteiger partial charge on any atom is 0.257 e. The highest BCUT2D eigenvalue weighted by molar-refractivity contribution is 5.98. The lowest BCUT2D eigenvalue weighted by Gasteiger charge is -2.25. The minimum absolute atomic E-state index is 0.0620. The highest BCUT2D eigenvalue weighted by Gasteiger charge is 2.20. The van der Waals surface area contributed by atoms with E-state index in [-0.39, 0.29) is 23.3 Å². The maximum absolute atomic E-state index is 13.0. The van der Waals surface area contributed by atoms with Gasteiger partial charge in [-0.3, -0.25) is 4.79 Å². The number of halogens is 1. The predicted octanol–water partition coefficient (Wildman–Crippen LogP) is 2.06. The Morgan fingerprint density at radius 1 is 1.65 bits per heavy atom. The van der Waals surface area contributed by atoms with Crippen molar-refractivity contribution in [3.05, 3.63) is 23.6 Å². The fourth-order valence-corrected chi connectivity index (χ4v) is 1.62. The Morgan fingerprint density at radius 3 is 2.88 bits per heavy atom. The second-order valence-corrected chi connectivity index (χ2v) is 4.14. The zero-order valence-corrected chi connectivity index (χ0v) is 10.4. The Morgan fingerprint density at radius 2 is 2.29 bits per heavy atom. The molecule has 0 aliphatic carbocycles. The molecule has 0 saturated heterocycles. The fourth-order valence-electron chi connectivity index (χ4n) is 1.62. The van der Waals surface area contributed by atoms with Crippen molar-refractivity contribution in [3.8, 4) is 0 Å². The molecule has 0 aliphatic rings. The van der Waals surface area contributed by atoms with E-state index in [1.165, 1.54) is 0 Å². The van der Waals surface area contributed by atoms with Gasteiger partial charge in [0.1, 0.15) is 11.6 Å². The van der Waals surface area contributed by atoms with Gasteiger partial charge in [-0.2, -0.15) is 0 Å².